The van der Waals surface area contributed by atoms with Gasteiger partial charge in [-0.15, -0.1) is 0 Å². The standard InChI is InChI=1S/C25H28N4O6/c1-15-6-9-19(10-7-15)29-17(3)24(16(2)28-29)27-22(30)14-35-23(31)13-26-25(32)18-8-11-20(33-4)21(12-18)34-5/h6-12H,13-14H2,1-5H3,(H,26,32)(H,27,30). The minimum Gasteiger partial charge on any atom is -0.493 e. The summed E-state index contributed by atoms with van der Waals surface area (Å²) in [6.45, 7) is 4.72. The number of aryl methyl sites for hydroxylation is 2. The predicted octanol–water partition coefficient (Wildman–Crippen LogP) is 2.73. The number of amides is 2. The fraction of sp³-hybridized carbons (Fsp3) is 0.280. The smallest absolute Gasteiger partial charge is 0.325 e. The summed E-state index contributed by atoms with van der Waals surface area (Å²) in [4.78, 5) is 36.7. The summed E-state index contributed by atoms with van der Waals surface area (Å²) < 4.78 is 17.0. The van der Waals surface area contributed by atoms with Gasteiger partial charge in [0.05, 0.1) is 37.0 Å². The second-order valence-electron chi connectivity index (χ2n) is 7.75. The molecule has 3 rings (SSSR count). The van der Waals surface area contributed by atoms with Gasteiger partial charge in [-0.05, 0) is 51.1 Å². The molecule has 2 N–H and O–H groups in total. The average molecular weight is 481 g/mol. The number of carbonyl (C=O) groups is 3. The highest BCUT2D eigenvalue weighted by Gasteiger charge is 2.17. The van der Waals surface area contributed by atoms with E-state index in [1.54, 1.807) is 17.7 Å². The van der Waals surface area contributed by atoms with Crippen molar-refractivity contribution in [2.75, 3.05) is 32.7 Å². The summed E-state index contributed by atoms with van der Waals surface area (Å²) in [7, 11) is 2.95. The molecular formula is C25H28N4O6. The van der Waals surface area contributed by atoms with Crippen LogP contribution in [0, 0.1) is 20.8 Å². The lowest BCUT2D eigenvalue weighted by Crippen LogP contribution is -2.32. The van der Waals surface area contributed by atoms with E-state index in [0.717, 1.165) is 16.9 Å². The summed E-state index contributed by atoms with van der Waals surface area (Å²) in [6.07, 6.45) is 0. The van der Waals surface area contributed by atoms with Crippen LogP contribution in [0.25, 0.3) is 5.69 Å². The van der Waals surface area contributed by atoms with Crippen molar-refractivity contribution in [3.8, 4) is 17.2 Å². The molecule has 2 aromatic carbocycles. The number of methoxy groups -OCH3 is 2. The number of hydrogen-bond acceptors (Lipinski definition) is 7. The Balaban J connectivity index is 1.52. The minimum atomic E-state index is -0.752. The fourth-order valence-corrected chi connectivity index (χ4v) is 3.37. The molecule has 1 aromatic heterocycles. The summed E-state index contributed by atoms with van der Waals surface area (Å²) >= 11 is 0. The minimum absolute atomic E-state index is 0.282. The first-order chi connectivity index (χ1) is 16.7. The quantitative estimate of drug-likeness (QED) is 0.452. The summed E-state index contributed by atoms with van der Waals surface area (Å²) in [5, 5.41) is 9.68. The average Bonchev–Trinajstić information content (AvgIpc) is 3.14. The molecule has 184 valence electrons. The molecule has 3 aromatic rings. The number of aromatic nitrogens is 2. The van der Waals surface area contributed by atoms with Crippen LogP contribution in [0.5, 0.6) is 11.5 Å². The highest BCUT2D eigenvalue weighted by atomic mass is 16.5. The second-order valence-corrected chi connectivity index (χ2v) is 7.75. The number of nitrogens with one attached hydrogen (secondary N) is 2. The maximum absolute atomic E-state index is 12.4. The van der Waals surface area contributed by atoms with Crippen LogP contribution in [0.15, 0.2) is 42.5 Å². The number of rotatable bonds is 9. The van der Waals surface area contributed by atoms with Gasteiger partial charge in [-0.1, -0.05) is 17.7 Å². The molecule has 0 aliphatic carbocycles. The number of benzene rings is 2. The van der Waals surface area contributed by atoms with E-state index in [0.29, 0.717) is 22.9 Å². The Morgan fingerprint density at radius 3 is 2.29 bits per heavy atom. The molecule has 0 atom stereocenters. The van der Waals surface area contributed by atoms with E-state index in [2.05, 4.69) is 15.7 Å². The van der Waals surface area contributed by atoms with Crippen molar-refractivity contribution >= 4 is 23.5 Å². The summed E-state index contributed by atoms with van der Waals surface area (Å²) in [5.74, 6) is -0.904. The number of esters is 1. The van der Waals surface area contributed by atoms with Crippen LogP contribution in [-0.4, -0.2) is 54.9 Å². The van der Waals surface area contributed by atoms with E-state index in [9.17, 15) is 14.4 Å². The molecule has 0 saturated carbocycles. The monoisotopic (exact) mass is 480 g/mol. The maximum atomic E-state index is 12.4. The first kappa shape index (κ1) is 25.3. The van der Waals surface area contributed by atoms with Gasteiger partial charge in [0.15, 0.2) is 18.1 Å². The lowest BCUT2D eigenvalue weighted by atomic mass is 10.2. The van der Waals surface area contributed by atoms with Gasteiger partial charge >= 0.3 is 5.97 Å². The van der Waals surface area contributed by atoms with Crippen molar-refractivity contribution in [2.24, 2.45) is 0 Å². The van der Waals surface area contributed by atoms with Gasteiger partial charge in [-0.3, -0.25) is 14.4 Å². The van der Waals surface area contributed by atoms with Crippen molar-refractivity contribution in [3.05, 3.63) is 65.0 Å². The zero-order chi connectivity index (χ0) is 25.5. The SMILES string of the molecule is COc1ccc(C(=O)NCC(=O)OCC(=O)Nc2c(C)nn(-c3ccc(C)cc3)c2C)cc1OC. The third kappa shape index (κ3) is 6.17. The van der Waals surface area contributed by atoms with E-state index in [1.165, 1.54) is 26.4 Å². The Bertz CT molecular complexity index is 1230. The van der Waals surface area contributed by atoms with Crippen LogP contribution in [0.2, 0.25) is 0 Å². The molecule has 10 heteroatoms. The first-order valence-electron chi connectivity index (χ1n) is 10.8. The number of hydrogen-bond donors (Lipinski definition) is 2. The molecule has 0 saturated heterocycles. The summed E-state index contributed by atoms with van der Waals surface area (Å²) in [6, 6.07) is 12.5. The van der Waals surface area contributed by atoms with Gasteiger partial charge in [0, 0.05) is 5.56 Å². The normalized spacial score (nSPS) is 10.4. The van der Waals surface area contributed by atoms with Crippen molar-refractivity contribution in [3.63, 3.8) is 0 Å². The second kappa shape index (κ2) is 11.2. The molecule has 0 spiro atoms. The fourth-order valence-electron chi connectivity index (χ4n) is 3.37. The van der Waals surface area contributed by atoms with E-state index >= 15 is 0 Å². The highest BCUT2D eigenvalue weighted by Crippen LogP contribution is 2.27. The summed E-state index contributed by atoms with van der Waals surface area (Å²) in [5.41, 5.74) is 4.20. The molecule has 2 amide bonds. The van der Waals surface area contributed by atoms with Crippen LogP contribution < -0.4 is 20.1 Å². The van der Waals surface area contributed by atoms with E-state index in [1.807, 2.05) is 38.1 Å². The highest BCUT2D eigenvalue weighted by molar-refractivity contribution is 5.97. The van der Waals surface area contributed by atoms with Crippen LogP contribution in [0.3, 0.4) is 0 Å². The van der Waals surface area contributed by atoms with Gasteiger partial charge in [-0.2, -0.15) is 5.10 Å². The predicted molar refractivity (Wildman–Crippen MR) is 129 cm³/mol. The van der Waals surface area contributed by atoms with Crippen LogP contribution in [0.4, 0.5) is 5.69 Å². The van der Waals surface area contributed by atoms with Crippen LogP contribution in [0.1, 0.15) is 27.3 Å². The third-order valence-corrected chi connectivity index (χ3v) is 5.24. The Morgan fingerprint density at radius 2 is 1.63 bits per heavy atom. The maximum Gasteiger partial charge on any atom is 0.325 e. The van der Waals surface area contributed by atoms with Crippen molar-refractivity contribution in [2.45, 2.75) is 20.8 Å². The molecule has 0 aliphatic rings. The van der Waals surface area contributed by atoms with Crippen LogP contribution >= 0.6 is 0 Å². The van der Waals surface area contributed by atoms with Gasteiger partial charge in [0.25, 0.3) is 11.8 Å². The Hall–Kier alpha value is -4.34. The molecule has 0 unspecified atom stereocenters. The number of carbonyl (C=O) groups excluding carboxylic acids is 3. The molecule has 1 heterocycles. The lowest BCUT2D eigenvalue weighted by Gasteiger charge is -2.10. The third-order valence-electron chi connectivity index (χ3n) is 5.24. The molecule has 35 heavy (non-hydrogen) atoms. The Morgan fingerprint density at radius 1 is 0.943 bits per heavy atom. The van der Waals surface area contributed by atoms with Gasteiger partial charge in [0.2, 0.25) is 0 Å². The zero-order valence-electron chi connectivity index (χ0n) is 20.3. The van der Waals surface area contributed by atoms with Gasteiger partial charge in [-0.25, -0.2) is 4.68 Å². The largest absolute Gasteiger partial charge is 0.493 e. The zero-order valence-corrected chi connectivity index (χ0v) is 20.3. The number of anilines is 1. The first-order valence-corrected chi connectivity index (χ1v) is 10.8. The van der Waals surface area contributed by atoms with Gasteiger partial charge < -0.3 is 24.8 Å². The number of nitrogens with zero attached hydrogens (tertiary/aromatic N) is 2. The molecule has 0 bridgehead atoms. The lowest BCUT2D eigenvalue weighted by molar-refractivity contribution is -0.146. The number of ether oxygens (including phenoxy) is 3. The van der Waals surface area contributed by atoms with E-state index in [4.69, 9.17) is 14.2 Å². The Kier molecular flexibility index (Phi) is 8.08. The molecule has 10 nitrogen and oxygen atoms in total. The van der Waals surface area contributed by atoms with E-state index < -0.39 is 30.9 Å². The topological polar surface area (TPSA) is 121 Å². The van der Waals surface area contributed by atoms with Crippen molar-refractivity contribution in [1.29, 1.82) is 0 Å². The molecule has 0 aliphatic heterocycles. The molecular weight excluding hydrogens is 452 g/mol. The van der Waals surface area contributed by atoms with E-state index in [-0.39, 0.29) is 5.56 Å². The molecule has 0 fully saturated rings. The molecule has 0 radical (unpaired) electrons. The van der Waals surface area contributed by atoms with Gasteiger partial charge in [0.1, 0.15) is 6.54 Å². The van der Waals surface area contributed by atoms with Crippen molar-refractivity contribution in [1.82, 2.24) is 15.1 Å². The Labute approximate surface area is 203 Å². The van der Waals surface area contributed by atoms with Crippen LogP contribution in [-0.2, 0) is 14.3 Å². The van der Waals surface area contributed by atoms with Crippen molar-refractivity contribution < 1.29 is 28.6 Å².